The third kappa shape index (κ3) is 3.51. The third-order valence-corrected chi connectivity index (χ3v) is 3.65. The SMILES string of the molecule is COCCCOc1cc(C2CCCC2=O)ccc1OC. The van der Waals surface area contributed by atoms with E-state index < -0.39 is 0 Å². The average molecular weight is 278 g/mol. The molecule has 20 heavy (non-hydrogen) atoms. The average Bonchev–Trinajstić information content (AvgIpc) is 2.89. The van der Waals surface area contributed by atoms with E-state index in [1.807, 2.05) is 18.2 Å². The molecule has 0 radical (unpaired) electrons. The highest BCUT2D eigenvalue weighted by Gasteiger charge is 2.26. The quantitative estimate of drug-likeness (QED) is 0.719. The van der Waals surface area contributed by atoms with Crippen LogP contribution in [-0.4, -0.2) is 33.2 Å². The highest BCUT2D eigenvalue weighted by Crippen LogP contribution is 2.36. The highest BCUT2D eigenvalue weighted by molar-refractivity contribution is 5.87. The molecule has 0 aliphatic heterocycles. The molecule has 0 amide bonds. The Morgan fingerprint density at radius 3 is 2.70 bits per heavy atom. The fraction of sp³-hybridized carbons (Fsp3) is 0.562. The Labute approximate surface area is 120 Å². The van der Waals surface area contributed by atoms with Crippen LogP contribution in [0.5, 0.6) is 11.5 Å². The second-order valence-corrected chi connectivity index (χ2v) is 5.02. The topological polar surface area (TPSA) is 44.8 Å². The minimum absolute atomic E-state index is 0.0298. The molecule has 4 nitrogen and oxygen atoms in total. The third-order valence-electron chi connectivity index (χ3n) is 3.65. The number of carbonyl (C=O) groups is 1. The lowest BCUT2D eigenvalue weighted by molar-refractivity contribution is -0.118. The summed E-state index contributed by atoms with van der Waals surface area (Å²) in [6.45, 7) is 1.25. The molecule has 1 unspecified atom stereocenters. The van der Waals surface area contributed by atoms with Gasteiger partial charge in [-0.15, -0.1) is 0 Å². The molecule has 0 N–H and O–H groups in total. The van der Waals surface area contributed by atoms with E-state index in [9.17, 15) is 4.79 Å². The minimum atomic E-state index is 0.0298. The van der Waals surface area contributed by atoms with Crippen molar-refractivity contribution in [2.24, 2.45) is 0 Å². The first-order valence-corrected chi connectivity index (χ1v) is 7.08. The number of hydrogen-bond donors (Lipinski definition) is 0. The molecule has 0 saturated heterocycles. The Balaban J connectivity index is 2.09. The summed E-state index contributed by atoms with van der Waals surface area (Å²) in [6.07, 6.45) is 3.45. The van der Waals surface area contributed by atoms with E-state index >= 15 is 0 Å². The number of ether oxygens (including phenoxy) is 3. The number of benzene rings is 1. The Kier molecular flexibility index (Phi) is 5.41. The lowest BCUT2D eigenvalue weighted by Gasteiger charge is -2.14. The van der Waals surface area contributed by atoms with Gasteiger partial charge in [-0.25, -0.2) is 0 Å². The van der Waals surface area contributed by atoms with Gasteiger partial charge in [0.2, 0.25) is 0 Å². The first kappa shape index (κ1) is 14.9. The van der Waals surface area contributed by atoms with Gasteiger partial charge in [-0.1, -0.05) is 6.07 Å². The Bertz CT molecular complexity index is 456. The predicted molar refractivity (Wildman–Crippen MR) is 76.6 cm³/mol. The van der Waals surface area contributed by atoms with Gasteiger partial charge in [0.25, 0.3) is 0 Å². The van der Waals surface area contributed by atoms with E-state index in [1.54, 1.807) is 14.2 Å². The van der Waals surface area contributed by atoms with E-state index in [2.05, 4.69) is 0 Å². The van der Waals surface area contributed by atoms with Crippen LogP contribution in [0.1, 0.15) is 37.2 Å². The molecule has 1 saturated carbocycles. The fourth-order valence-corrected chi connectivity index (χ4v) is 2.58. The number of carbonyl (C=O) groups excluding carboxylic acids is 1. The van der Waals surface area contributed by atoms with Gasteiger partial charge in [-0.3, -0.25) is 4.79 Å². The zero-order valence-electron chi connectivity index (χ0n) is 12.2. The van der Waals surface area contributed by atoms with Crippen molar-refractivity contribution in [2.45, 2.75) is 31.6 Å². The van der Waals surface area contributed by atoms with Gasteiger partial charge in [0.15, 0.2) is 11.5 Å². The standard InChI is InChI=1S/C16H22O4/c1-18-9-4-10-20-16-11-12(7-8-15(16)19-2)13-5-3-6-14(13)17/h7-8,11,13H,3-6,9-10H2,1-2H3. The number of hydrogen-bond acceptors (Lipinski definition) is 4. The van der Waals surface area contributed by atoms with Gasteiger partial charge in [-0.2, -0.15) is 0 Å². The fourth-order valence-electron chi connectivity index (χ4n) is 2.58. The molecule has 1 aliphatic carbocycles. The number of Topliss-reactive ketones (excluding diaryl/α,β-unsaturated/α-hetero) is 1. The van der Waals surface area contributed by atoms with Crippen molar-refractivity contribution in [1.29, 1.82) is 0 Å². The summed E-state index contributed by atoms with van der Waals surface area (Å²) in [5.74, 6) is 1.78. The molecule has 1 aromatic carbocycles. The molecule has 1 aromatic rings. The Morgan fingerprint density at radius 2 is 2.05 bits per heavy atom. The van der Waals surface area contributed by atoms with Crippen molar-refractivity contribution in [3.8, 4) is 11.5 Å². The van der Waals surface area contributed by atoms with Crippen molar-refractivity contribution in [3.05, 3.63) is 23.8 Å². The number of rotatable bonds is 7. The second kappa shape index (κ2) is 7.29. The van der Waals surface area contributed by atoms with Crippen LogP contribution in [0.15, 0.2) is 18.2 Å². The normalized spacial score (nSPS) is 18.3. The molecule has 0 heterocycles. The molecule has 2 rings (SSSR count). The Hall–Kier alpha value is -1.55. The van der Waals surface area contributed by atoms with Crippen LogP contribution in [0.25, 0.3) is 0 Å². The predicted octanol–water partition coefficient (Wildman–Crippen LogP) is 2.95. The van der Waals surface area contributed by atoms with Crippen LogP contribution >= 0.6 is 0 Å². The minimum Gasteiger partial charge on any atom is -0.493 e. The summed E-state index contributed by atoms with van der Waals surface area (Å²) in [4.78, 5) is 11.9. The Morgan fingerprint density at radius 1 is 1.20 bits per heavy atom. The van der Waals surface area contributed by atoms with Gasteiger partial charge < -0.3 is 14.2 Å². The molecule has 110 valence electrons. The summed E-state index contributed by atoms with van der Waals surface area (Å²) in [5.41, 5.74) is 1.04. The number of ketones is 1. The van der Waals surface area contributed by atoms with Crippen LogP contribution in [0, 0.1) is 0 Å². The van der Waals surface area contributed by atoms with Crippen LogP contribution < -0.4 is 9.47 Å². The maximum Gasteiger partial charge on any atom is 0.161 e. The van der Waals surface area contributed by atoms with Crippen LogP contribution in [0.4, 0.5) is 0 Å². The molecule has 0 spiro atoms. The summed E-state index contributed by atoms with van der Waals surface area (Å²) in [6, 6.07) is 5.79. The zero-order chi connectivity index (χ0) is 14.4. The first-order valence-electron chi connectivity index (χ1n) is 7.08. The summed E-state index contributed by atoms with van der Waals surface area (Å²) >= 11 is 0. The monoisotopic (exact) mass is 278 g/mol. The number of methoxy groups -OCH3 is 2. The lowest BCUT2D eigenvalue weighted by Crippen LogP contribution is -2.06. The first-order chi connectivity index (χ1) is 9.76. The molecular weight excluding hydrogens is 256 g/mol. The van der Waals surface area contributed by atoms with Gasteiger partial charge in [-0.05, 0) is 30.5 Å². The van der Waals surface area contributed by atoms with Crippen molar-refractivity contribution in [3.63, 3.8) is 0 Å². The van der Waals surface area contributed by atoms with Gasteiger partial charge in [0, 0.05) is 32.5 Å². The lowest BCUT2D eigenvalue weighted by atomic mass is 9.96. The van der Waals surface area contributed by atoms with Crippen molar-refractivity contribution in [2.75, 3.05) is 27.4 Å². The van der Waals surface area contributed by atoms with Crippen LogP contribution in [-0.2, 0) is 9.53 Å². The summed E-state index contributed by atoms with van der Waals surface area (Å²) in [5, 5.41) is 0. The van der Waals surface area contributed by atoms with Crippen LogP contribution in [0.2, 0.25) is 0 Å². The van der Waals surface area contributed by atoms with Crippen molar-refractivity contribution >= 4 is 5.78 Å². The van der Waals surface area contributed by atoms with E-state index in [0.717, 1.165) is 24.8 Å². The molecule has 0 bridgehead atoms. The summed E-state index contributed by atoms with van der Waals surface area (Å²) < 4.78 is 16.1. The highest BCUT2D eigenvalue weighted by atomic mass is 16.5. The van der Waals surface area contributed by atoms with Gasteiger partial charge >= 0.3 is 0 Å². The largest absolute Gasteiger partial charge is 0.493 e. The summed E-state index contributed by atoms with van der Waals surface area (Å²) in [7, 11) is 3.30. The molecular formula is C16H22O4. The van der Waals surface area contributed by atoms with Crippen LogP contribution in [0.3, 0.4) is 0 Å². The van der Waals surface area contributed by atoms with E-state index in [1.165, 1.54) is 0 Å². The second-order valence-electron chi connectivity index (χ2n) is 5.02. The maximum atomic E-state index is 11.9. The smallest absolute Gasteiger partial charge is 0.161 e. The molecule has 1 atom stereocenters. The molecule has 1 aliphatic rings. The van der Waals surface area contributed by atoms with E-state index in [0.29, 0.717) is 36.9 Å². The zero-order valence-corrected chi connectivity index (χ0v) is 12.2. The maximum absolute atomic E-state index is 11.9. The van der Waals surface area contributed by atoms with Crippen molar-refractivity contribution in [1.82, 2.24) is 0 Å². The van der Waals surface area contributed by atoms with Crippen molar-refractivity contribution < 1.29 is 19.0 Å². The van der Waals surface area contributed by atoms with Gasteiger partial charge in [0.1, 0.15) is 5.78 Å². The van der Waals surface area contributed by atoms with E-state index in [-0.39, 0.29) is 5.92 Å². The molecule has 1 fully saturated rings. The van der Waals surface area contributed by atoms with E-state index in [4.69, 9.17) is 14.2 Å². The molecule has 4 heteroatoms. The molecule has 0 aromatic heterocycles. The van der Waals surface area contributed by atoms with Gasteiger partial charge in [0.05, 0.1) is 13.7 Å².